The minimum absolute atomic E-state index is 0.159. The summed E-state index contributed by atoms with van der Waals surface area (Å²) >= 11 is 0. The topological polar surface area (TPSA) is 29.5 Å². The summed E-state index contributed by atoms with van der Waals surface area (Å²) in [5.41, 5.74) is 2.03. The molecule has 0 bridgehead atoms. The molecule has 1 aromatic carbocycles. The molecule has 1 saturated heterocycles. The zero-order chi connectivity index (χ0) is 12.4. The van der Waals surface area contributed by atoms with Crippen molar-refractivity contribution in [3.05, 3.63) is 36.4 Å². The minimum atomic E-state index is 0.159. The average Bonchev–Trinajstić information content (AvgIpc) is 2.71. The molecule has 0 radical (unpaired) electrons. The number of methoxy groups -OCH3 is 1. The first-order valence-corrected chi connectivity index (χ1v) is 5.73. The first-order valence-electron chi connectivity index (χ1n) is 5.73. The van der Waals surface area contributed by atoms with E-state index >= 15 is 0 Å². The van der Waals surface area contributed by atoms with Gasteiger partial charge in [-0.25, -0.2) is 0 Å². The van der Waals surface area contributed by atoms with E-state index in [1.54, 1.807) is 7.11 Å². The smallest absolute Gasteiger partial charge is 0.227 e. The van der Waals surface area contributed by atoms with E-state index in [0.717, 1.165) is 23.5 Å². The average molecular weight is 231 g/mol. The van der Waals surface area contributed by atoms with Crippen LogP contribution in [0.1, 0.15) is 12.0 Å². The first kappa shape index (κ1) is 11.7. The molecule has 3 heteroatoms. The highest BCUT2D eigenvalue weighted by Crippen LogP contribution is 2.31. The molecular weight excluding hydrogens is 214 g/mol. The maximum Gasteiger partial charge on any atom is 0.227 e. The Hall–Kier alpha value is -1.77. The van der Waals surface area contributed by atoms with E-state index in [-0.39, 0.29) is 11.8 Å². The zero-order valence-corrected chi connectivity index (χ0v) is 10.3. The molecule has 1 aliphatic rings. The summed E-state index contributed by atoms with van der Waals surface area (Å²) in [7, 11) is 1.63. The maximum absolute atomic E-state index is 11.9. The molecule has 1 aromatic rings. The Morgan fingerprint density at radius 3 is 2.88 bits per heavy atom. The Kier molecular flexibility index (Phi) is 3.18. The summed E-state index contributed by atoms with van der Waals surface area (Å²) in [5, 5.41) is 0. The van der Waals surface area contributed by atoms with Gasteiger partial charge in [-0.3, -0.25) is 4.79 Å². The largest absolute Gasteiger partial charge is 0.497 e. The number of ether oxygens (including phenoxy) is 1. The molecule has 0 N–H and O–H groups in total. The third-order valence-electron chi connectivity index (χ3n) is 3.20. The number of benzene rings is 1. The Morgan fingerprint density at radius 2 is 2.29 bits per heavy atom. The molecule has 3 nitrogen and oxygen atoms in total. The van der Waals surface area contributed by atoms with Gasteiger partial charge in [-0.15, -0.1) is 6.58 Å². The fraction of sp³-hybridized carbons (Fsp3) is 0.357. The van der Waals surface area contributed by atoms with Gasteiger partial charge in [-0.2, -0.15) is 0 Å². The number of hydrogen-bond acceptors (Lipinski definition) is 2. The number of anilines is 1. The van der Waals surface area contributed by atoms with Crippen molar-refractivity contribution in [1.82, 2.24) is 0 Å². The molecule has 17 heavy (non-hydrogen) atoms. The zero-order valence-electron chi connectivity index (χ0n) is 10.3. The van der Waals surface area contributed by atoms with E-state index in [4.69, 9.17) is 4.74 Å². The van der Waals surface area contributed by atoms with E-state index in [2.05, 4.69) is 6.58 Å². The van der Waals surface area contributed by atoms with Gasteiger partial charge in [0.25, 0.3) is 0 Å². The van der Waals surface area contributed by atoms with E-state index in [9.17, 15) is 4.79 Å². The van der Waals surface area contributed by atoms with Crippen molar-refractivity contribution in [2.45, 2.75) is 13.3 Å². The van der Waals surface area contributed by atoms with Gasteiger partial charge >= 0.3 is 0 Å². The van der Waals surface area contributed by atoms with Gasteiger partial charge in [0.05, 0.1) is 12.8 Å². The second kappa shape index (κ2) is 4.62. The molecule has 0 aliphatic carbocycles. The third-order valence-corrected chi connectivity index (χ3v) is 3.20. The van der Waals surface area contributed by atoms with E-state index < -0.39 is 0 Å². The van der Waals surface area contributed by atoms with Crippen LogP contribution < -0.4 is 9.64 Å². The Labute approximate surface area is 102 Å². The van der Waals surface area contributed by atoms with Gasteiger partial charge in [-0.05, 0) is 18.6 Å². The van der Waals surface area contributed by atoms with Gasteiger partial charge in [0, 0.05) is 24.9 Å². The van der Waals surface area contributed by atoms with Gasteiger partial charge in [0.2, 0.25) is 5.91 Å². The lowest BCUT2D eigenvalue weighted by Crippen LogP contribution is -2.25. The first-order chi connectivity index (χ1) is 8.15. The fourth-order valence-corrected chi connectivity index (χ4v) is 2.13. The Balaban J connectivity index is 2.33. The number of carbonyl (C=O) groups excluding carboxylic acids is 1. The monoisotopic (exact) mass is 231 g/mol. The number of hydrogen-bond donors (Lipinski definition) is 0. The van der Waals surface area contributed by atoms with E-state index in [1.807, 2.05) is 36.1 Å². The second-order valence-corrected chi connectivity index (χ2v) is 4.36. The van der Waals surface area contributed by atoms with Crippen LogP contribution in [0.25, 0.3) is 0 Å². The molecule has 1 amide bonds. The van der Waals surface area contributed by atoms with Crippen molar-refractivity contribution in [2.24, 2.45) is 5.92 Å². The van der Waals surface area contributed by atoms with Gasteiger partial charge in [0.15, 0.2) is 0 Å². The quantitative estimate of drug-likeness (QED) is 0.748. The maximum atomic E-state index is 11.9. The van der Waals surface area contributed by atoms with Crippen LogP contribution in [0, 0.1) is 12.8 Å². The van der Waals surface area contributed by atoms with Gasteiger partial charge in [0.1, 0.15) is 5.75 Å². The van der Waals surface area contributed by atoms with Crippen LogP contribution in [-0.2, 0) is 4.79 Å². The van der Waals surface area contributed by atoms with Crippen LogP contribution in [0.5, 0.6) is 5.75 Å². The summed E-state index contributed by atoms with van der Waals surface area (Å²) < 4.78 is 5.20. The lowest BCUT2D eigenvalue weighted by molar-refractivity contribution is -0.117. The van der Waals surface area contributed by atoms with Crippen molar-refractivity contribution in [2.75, 3.05) is 18.6 Å². The van der Waals surface area contributed by atoms with Crippen LogP contribution in [-0.4, -0.2) is 19.6 Å². The van der Waals surface area contributed by atoms with Gasteiger partial charge < -0.3 is 9.64 Å². The molecule has 0 spiro atoms. The molecule has 0 saturated carbocycles. The van der Waals surface area contributed by atoms with Crippen LogP contribution >= 0.6 is 0 Å². The third kappa shape index (κ3) is 2.18. The highest BCUT2D eigenvalue weighted by molar-refractivity contribution is 5.96. The fourth-order valence-electron chi connectivity index (χ4n) is 2.13. The number of rotatable bonds is 3. The number of aryl methyl sites for hydroxylation is 1. The Bertz CT molecular complexity index is 454. The van der Waals surface area contributed by atoms with Crippen molar-refractivity contribution in [3.63, 3.8) is 0 Å². The van der Waals surface area contributed by atoms with Crippen molar-refractivity contribution in [3.8, 4) is 5.75 Å². The molecule has 0 aromatic heterocycles. The summed E-state index contributed by atoms with van der Waals surface area (Å²) in [6, 6.07) is 5.80. The molecule has 1 fully saturated rings. The summed E-state index contributed by atoms with van der Waals surface area (Å²) in [6.07, 6.45) is 2.41. The Morgan fingerprint density at radius 1 is 1.53 bits per heavy atom. The van der Waals surface area contributed by atoms with Crippen LogP contribution in [0.15, 0.2) is 30.9 Å². The summed E-state index contributed by atoms with van der Waals surface area (Å²) in [4.78, 5) is 13.8. The van der Waals surface area contributed by atoms with Crippen LogP contribution in [0.4, 0.5) is 5.69 Å². The standard InChI is InChI=1S/C14H17NO2/c1-4-11-7-14(16)15(9-11)13-8-12(17-3)6-5-10(13)2/h4-6,8,11H,1,7,9H2,2-3H3. The predicted molar refractivity (Wildman–Crippen MR) is 68.4 cm³/mol. The number of amides is 1. The highest BCUT2D eigenvalue weighted by atomic mass is 16.5. The molecule has 90 valence electrons. The van der Waals surface area contributed by atoms with Crippen LogP contribution in [0.3, 0.4) is 0 Å². The summed E-state index contributed by atoms with van der Waals surface area (Å²) in [5.74, 6) is 1.19. The molecule has 1 atom stereocenters. The lowest BCUT2D eigenvalue weighted by atomic mass is 10.1. The lowest BCUT2D eigenvalue weighted by Gasteiger charge is -2.19. The van der Waals surface area contributed by atoms with E-state index in [1.165, 1.54) is 0 Å². The van der Waals surface area contributed by atoms with Crippen molar-refractivity contribution >= 4 is 11.6 Å². The highest BCUT2D eigenvalue weighted by Gasteiger charge is 2.29. The number of nitrogens with zero attached hydrogens (tertiary/aromatic N) is 1. The molecule has 2 rings (SSSR count). The SMILES string of the molecule is C=CC1CC(=O)N(c2cc(OC)ccc2C)C1. The molecular formula is C14H17NO2. The molecule has 1 aliphatic heterocycles. The predicted octanol–water partition coefficient (Wildman–Crippen LogP) is 2.54. The minimum Gasteiger partial charge on any atom is -0.497 e. The van der Waals surface area contributed by atoms with Gasteiger partial charge in [-0.1, -0.05) is 12.1 Å². The number of carbonyl (C=O) groups is 1. The second-order valence-electron chi connectivity index (χ2n) is 4.36. The van der Waals surface area contributed by atoms with Crippen molar-refractivity contribution < 1.29 is 9.53 Å². The van der Waals surface area contributed by atoms with E-state index in [0.29, 0.717) is 6.42 Å². The summed E-state index contributed by atoms with van der Waals surface area (Å²) in [6.45, 7) is 6.48. The van der Waals surface area contributed by atoms with Crippen molar-refractivity contribution in [1.29, 1.82) is 0 Å². The van der Waals surface area contributed by atoms with Crippen LogP contribution in [0.2, 0.25) is 0 Å². The molecule has 1 unspecified atom stereocenters. The normalized spacial score (nSPS) is 19.5. The molecule has 1 heterocycles.